The van der Waals surface area contributed by atoms with Gasteiger partial charge in [-0.3, -0.25) is 0 Å². The van der Waals surface area contributed by atoms with Crippen molar-refractivity contribution in [2.24, 2.45) is 5.73 Å². The SMILES string of the molecule is Cc1cccc(-c2cnc(OC(=O)C(F)(F)F)c3cc(-c4ccccc4)c(-c4ccc(CN)cc4)nc23)c1. The molecule has 8 heteroatoms. The molecule has 2 N–H and O–H groups in total. The van der Waals surface area contributed by atoms with E-state index in [0.717, 1.165) is 27.8 Å². The lowest BCUT2D eigenvalue weighted by Gasteiger charge is -2.16. The third kappa shape index (κ3) is 4.99. The van der Waals surface area contributed by atoms with Crippen LogP contribution in [-0.2, 0) is 11.3 Å². The highest BCUT2D eigenvalue weighted by Gasteiger charge is 2.42. The number of carbonyl (C=O) groups is 1. The average molecular weight is 514 g/mol. The summed E-state index contributed by atoms with van der Waals surface area (Å²) in [4.78, 5) is 20.9. The van der Waals surface area contributed by atoms with Crippen molar-refractivity contribution in [2.45, 2.75) is 19.6 Å². The highest BCUT2D eigenvalue weighted by Crippen LogP contribution is 2.39. The number of nitrogens with zero attached hydrogens (tertiary/aromatic N) is 2. The van der Waals surface area contributed by atoms with Crippen LogP contribution in [0, 0.1) is 6.92 Å². The van der Waals surface area contributed by atoms with Crippen LogP contribution in [0.3, 0.4) is 0 Å². The Morgan fingerprint density at radius 1 is 0.868 bits per heavy atom. The Balaban J connectivity index is 1.83. The number of hydrogen-bond donors (Lipinski definition) is 1. The first-order chi connectivity index (χ1) is 18.2. The molecule has 38 heavy (non-hydrogen) atoms. The van der Waals surface area contributed by atoms with Crippen molar-refractivity contribution in [3.8, 4) is 39.4 Å². The lowest BCUT2D eigenvalue weighted by Crippen LogP contribution is -2.28. The van der Waals surface area contributed by atoms with E-state index in [2.05, 4.69) is 4.98 Å². The number of pyridine rings is 2. The van der Waals surface area contributed by atoms with Gasteiger partial charge in [-0.25, -0.2) is 14.8 Å². The fraction of sp³-hybridized carbons (Fsp3) is 0.100. The minimum absolute atomic E-state index is 0.183. The van der Waals surface area contributed by atoms with Crippen LogP contribution in [0.2, 0.25) is 0 Å². The second kappa shape index (κ2) is 10.1. The molecule has 0 saturated heterocycles. The highest BCUT2D eigenvalue weighted by atomic mass is 19.4. The number of ether oxygens (including phenoxy) is 1. The minimum Gasteiger partial charge on any atom is -0.400 e. The number of fused-ring (bicyclic) bond motifs is 1. The fourth-order valence-corrected chi connectivity index (χ4v) is 4.24. The monoisotopic (exact) mass is 513 g/mol. The number of esters is 1. The Hall–Kier alpha value is -4.56. The Kier molecular flexibility index (Phi) is 6.65. The molecule has 0 bridgehead atoms. The van der Waals surface area contributed by atoms with Crippen LogP contribution in [0.25, 0.3) is 44.4 Å². The van der Waals surface area contributed by atoms with Crippen LogP contribution in [0.4, 0.5) is 13.2 Å². The van der Waals surface area contributed by atoms with Crippen molar-refractivity contribution in [1.29, 1.82) is 0 Å². The van der Waals surface area contributed by atoms with E-state index in [4.69, 9.17) is 15.5 Å². The van der Waals surface area contributed by atoms with Gasteiger partial charge in [0.05, 0.1) is 16.6 Å². The lowest BCUT2D eigenvalue weighted by atomic mass is 9.95. The molecule has 0 aliphatic heterocycles. The summed E-state index contributed by atoms with van der Waals surface area (Å²) < 4.78 is 44.0. The molecular weight excluding hydrogens is 491 g/mol. The first kappa shape index (κ1) is 25.1. The summed E-state index contributed by atoms with van der Waals surface area (Å²) in [6.45, 7) is 2.32. The molecule has 0 spiro atoms. The van der Waals surface area contributed by atoms with Crippen LogP contribution in [-0.4, -0.2) is 22.1 Å². The lowest BCUT2D eigenvalue weighted by molar-refractivity contribution is -0.189. The molecule has 0 fully saturated rings. The molecule has 0 aliphatic rings. The smallest absolute Gasteiger partial charge is 0.400 e. The Morgan fingerprint density at radius 3 is 2.24 bits per heavy atom. The highest BCUT2D eigenvalue weighted by molar-refractivity contribution is 6.01. The topological polar surface area (TPSA) is 78.1 Å². The maximum Gasteiger partial charge on any atom is 0.491 e. The third-order valence-electron chi connectivity index (χ3n) is 6.12. The summed E-state index contributed by atoms with van der Waals surface area (Å²) >= 11 is 0. The quantitative estimate of drug-likeness (QED) is 0.260. The minimum atomic E-state index is -5.18. The molecule has 0 unspecified atom stereocenters. The maximum absolute atomic E-state index is 13.1. The molecule has 2 aromatic heterocycles. The zero-order chi connectivity index (χ0) is 26.9. The summed E-state index contributed by atoms with van der Waals surface area (Å²) in [6.07, 6.45) is -3.80. The van der Waals surface area contributed by atoms with Gasteiger partial charge in [0.25, 0.3) is 0 Å². The van der Waals surface area contributed by atoms with Gasteiger partial charge in [-0.1, -0.05) is 84.4 Å². The summed E-state index contributed by atoms with van der Waals surface area (Å²) in [7, 11) is 0. The zero-order valence-electron chi connectivity index (χ0n) is 20.3. The molecule has 0 amide bonds. The van der Waals surface area contributed by atoms with Gasteiger partial charge in [-0.2, -0.15) is 13.2 Å². The van der Waals surface area contributed by atoms with Crippen molar-refractivity contribution in [3.05, 3.63) is 102 Å². The van der Waals surface area contributed by atoms with E-state index in [1.165, 1.54) is 6.20 Å². The van der Waals surface area contributed by atoms with Crippen molar-refractivity contribution < 1.29 is 22.7 Å². The number of halogens is 3. The van der Waals surface area contributed by atoms with Gasteiger partial charge in [0.2, 0.25) is 5.88 Å². The number of benzene rings is 3. The van der Waals surface area contributed by atoms with Gasteiger partial charge in [0, 0.05) is 29.4 Å². The average Bonchev–Trinajstić information content (AvgIpc) is 2.92. The van der Waals surface area contributed by atoms with Crippen LogP contribution in [0.1, 0.15) is 11.1 Å². The largest absolute Gasteiger partial charge is 0.491 e. The van der Waals surface area contributed by atoms with Gasteiger partial charge < -0.3 is 10.5 Å². The normalized spacial score (nSPS) is 11.5. The number of aryl methyl sites for hydroxylation is 1. The van der Waals surface area contributed by atoms with Crippen LogP contribution < -0.4 is 10.5 Å². The Labute approximate surface area is 216 Å². The second-order valence-electron chi connectivity index (χ2n) is 8.78. The van der Waals surface area contributed by atoms with Gasteiger partial charge in [-0.05, 0) is 29.7 Å². The number of alkyl halides is 3. The van der Waals surface area contributed by atoms with Crippen LogP contribution >= 0.6 is 0 Å². The van der Waals surface area contributed by atoms with Crippen molar-refractivity contribution in [3.63, 3.8) is 0 Å². The molecule has 0 radical (unpaired) electrons. The zero-order valence-corrected chi connectivity index (χ0v) is 20.3. The molecule has 190 valence electrons. The summed E-state index contributed by atoms with van der Waals surface area (Å²) in [5, 5.41) is 0.183. The molecule has 0 aliphatic carbocycles. The molecule has 5 aromatic rings. The summed E-state index contributed by atoms with van der Waals surface area (Å²) in [5.74, 6) is -2.81. The molecule has 5 rings (SSSR count). The Bertz CT molecular complexity index is 1630. The molecule has 3 aromatic carbocycles. The van der Waals surface area contributed by atoms with E-state index in [1.807, 2.05) is 85.8 Å². The van der Waals surface area contributed by atoms with E-state index in [-0.39, 0.29) is 5.39 Å². The van der Waals surface area contributed by atoms with Crippen molar-refractivity contribution in [2.75, 3.05) is 0 Å². The van der Waals surface area contributed by atoms with E-state index in [9.17, 15) is 18.0 Å². The third-order valence-corrected chi connectivity index (χ3v) is 6.12. The first-order valence-electron chi connectivity index (χ1n) is 11.8. The molecule has 0 saturated carbocycles. The number of hydrogen-bond acceptors (Lipinski definition) is 5. The molecule has 0 atom stereocenters. The first-order valence-corrected chi connectivity index (χ1v) is 11.8. The maximum atomic E-state index is 13.1. The van der Waals surface area contributed by atoms with Gasteiger partial charge in [0.1, 0.15) is 0 Å². The summed E-state index contributed by atoms with van der Waals surface area (Å²) in [5.41, 5.74) is 12.3. The fourth-order valence-electron chi connectivity index (χ4n) is 4.24. The van der Waals surface area contributed by atoms with Crippen LogP contribution in [0.15, 0.2) is 91.1 Å². The van der Waals surface area contributed by atoms with Gasteiger partial charge in [-0.15, -0.1) is 0 Å². The van der Waals surface area contributed by atoms with E-state index in [0.29, 0.717) is 28.9 Å². The molecular formula is C30H22F3N3O2. The molecule has 5 nitrogen and oxygen atoms in total. The summed E-state index contributed by atoms with van der Waals surface area (Å²) in [6, 6.07) is 26.2. The predicted octanol–water partition coefficient (Wildman–Crippen LogP) is 6.87. The number of carbonyl (C=O) groups excluding carboxylic acids is 1. The predicted molar refractivity (Wildman–Crippen MR) is 140 cm³/mol. The standard InChI is InChI=1S/C30H22F3N3O2/c1-18-6-5-9-22(14-18)25-17-35-28(38-29(37)30(31,32)33)24-15-23(20-7-3-2-4-8-20)26(36-27(24)25)21-12-10-19(16-34)11-13-21/h2-15,17H,16,34H2,1H3. The number of rotatable bonds is 5. The van der Waals surface area contributed by atoms with Crippen LogP contribution in [0.5, 0.6) is 5.88 Å². The van der Waals surface area contributed by atoms with E-state index < -0.39 is 18.0 Å². The Morgan fingerprint density at radius 2 is 1.58 bits per heavy atom. The van der Waals surface area contributed by atoms with Crippen molar-refractivity contribution >= 4 is 16.9 Å². The second-order valence-corrected chi connectivity index (χ2v) is 8.78. The van der Waals surface area contributed by atoms with E-state index in [1.54, 1.807) is 6.07 Å². The van der Waals surface area contributed by atoms with Gasteiger partial charge in [0.15, 0.2) is 0 Å². The molecule has 2 heterocycles. The number of aromatic nitrogens is 2. The number of nitrogens with two attached hydrogens (primary N) is 1. The van der Waals surface area contributed by atoms with Crippen molar-refractivity contribution in [1.82, 2.24) is 9.97 Å². The van der Waals surface area contributed by atoms with Gasteiger partial charge >= 0.3 is 12.1 Å². The van der Waals surface area contributed by atoms with E-state index >= 15 is 0 Å².